The third kappa shape index (κ3) is 6.73. The molecule has 0 unspecified atom stereocenters. The summed E-state index contributed by atoms with van der Waals surface area (Å²) >= 11 is 0. The maximum absolute atomic E-state index is 12.3. The fraction of sp³-hybridized carbons (Fsp3) is 0.276. The number of para-hydroxylation sites is 1. The van der Waals surface area contributed by atoms with Gasteiger partial charge in [0.15, 0.2) is 0 Å². The Labute approximate surface area is 228 Å². The molecule has 200 valence electrons. The van der Waals surface area contributed by atoms with Gasteiger partial charge >= 0.3 is 0 Å². The zero-order valence-electron chi connectivity index (χ0n) is 22.5. The molecule has 39 heavy (non-hydrogen) atoms. The predicted molar refractivity (Wildman–Crippen MR) is 156 cm³/mol. The Kier molecular flexibility index (Phi) is 8.04. The van der Waals surface area contributed by atoms with Crippen LogP contribution in [-0.2, 0) is 4.79 Å². The number of carbonyl (C=O) groups is 1. The molecule has 1 saturated heterocycles. The van der Waals surface area contributed by atoms with Gasteiger partial charge in [0, 0.05) is 67.8 Å². The lowest BCUT2D eigenvalue weighted by atomic mass is 10.1. The van der Waals surface area contributed by atoms with E-state index in [1.165, 1.54) is 6.08 Å². The van der Waals surface area contributed by atoms with Gasteiger partial charge in [0.25, 0.3) is 0 Å². The van der Waals surface area contributed by atoms with Crippen LogP contribution in [0.2, 0.25) is 0 Å². The molecule has 0 radical (unpaired) electrons. The van der Waals surface area contributed by atoms with E-state index in [1.54, 1.807) is 18.5 Å². The van der Waals surface area contributed by atoms with Gasteiger partial charge in [0.05, 0.1) is 23.1 Å². The number of carbonyl (C=O) groups excluding carboxylic acids is 1. The van der Waals surface area contributed by atoms with E-state index in [9.17, 15) is 4.79 Å². The maximum atomic E-state index is 12.3. The van der Waals surface area contributed by atoms with Crippen molar-refractivity contribution in [2.75, 3.05) is 69.4 Å². The number of benzene rings is 1. The minimum atomic E-state index is -0.187. The van der Waals surface area contributed by atoms with Crippen molar-refractivity contribution in [3.63, 3.8) is 0 Å². The number of rotatable bonds is 8. The SMILES string of the molecule is CN(C)CC=CC(=O)Nc1ccnc(-c2cccc3cnc(Nc4ccc(N5CCN(C)CC5)nc4)nc23)c1. The lowest BCUT2D eigenvalue weighted by molar-refractivity contribution is -0.111. The molecule has 1 aliphatic rings. The Morgan fingerprint density at radius 1 is 1.00 bits per heavy atom. The van der Waals surface area contributed by atoms with E-state index in [4.69, 9.17) is 4.98 Å². The van der Waals surface area contributed by atoms with Gasteiger partial charge in [-0.15, -0.1) is 0 Å². The fourth-order valence-corrected chi connectivity index (χ4v) is 4.34. The number of nitrogens with zero attached hydrogens (tertiary/aromatic N) is 7. The fourth-order valence-electron chi connectivity index (χ4n) is 4.34. The topological polar surface area (TPSA) is 102 Å². The van der Waals surface area contributed by atoms with Crippen LogP contribution in [-0.4, -0.2) is 89.5 Å². The van der Waals surface area contributed by atoms with Crippen molar-refractivity contribution in [1.29, 1.82) is 0 Å². The summed E-state index contributed by atoms with van der Waals surface area (Å²) in [6.45, 7) is 4.70. The summed E-state index contributed by atoms with van der Waals surface area (Å²) in [5.41, 5.74) is 3.79. The molecule has 5 rings (SSSR count). The van der Waals surface area contributed by atoms with Gasteiger partial charge in [-0.2, -0.15) is 0 Å². The summed E-state index contributed by atoms with van der Waals surface area (Å²) < 4.78 is 0. The van der Waals surface area contributed by atoms with Crippen molar-refractivity contribution in [3.8, 4) is 11.3 Å². The van der Waals surface area contributed by atoms with E-state index in [1.807, 2.05) is 67.7 Å². The summed E-state index contributed by atoms with van der Waals surface area (Å²) in [5.74, 6) is 1.26. The number of amides is 1. The third-order valence-corrected chi connectivity index (χ3v) is 6.49. The van der Waals surface area contributed by atoms with Crippen LogP contribution >= 0.6 is 0 Å². The molecule has 0 spiro atoms. The molecule has 1 aromatic carbocycles. The number of hydrogen-bond donors (Lipinski definition) is 2. The van der Waals surface area contributed by atoms with Crippen LogP contribution < -0.4 is 15.5 Å². The first-order valence-electron chi connectivity index (χ1n) is 13.0. The molecule has 1 amide bonds. The highest BCUT2D eigenvalue weighted by Gasteiger charge is 2.15. The summed E-state index contributed by atoms with van der Waals surface area (Å²) in [7, 11) is 6.05. The number of anilines is 4. The molecule has 3 aromatic heterocycles. The molecule has 10 heteroatoms. The van der Waals surface area contributed by atoms with E-state index < -0.39 is 0 Å². The molecule has 1 fully saturated rings. The van der Waals surface area contributed by atoms with Gasteiger partial charge in [0.1, 0.15) is 5.82 Å². The quantitative estimate of drug-likeness (QED) is 0.335. The summed E-state index contributed by atoms with van der Waals surface area (Å²) in [6, 6.07) is 13.5. The lowest BCUT2D eigenvalue weighted by Gasteiger charge is -2.33. The van der Waals surface area contributed by atoms with Crippen molar-refractivity contribution < 1.29 is 4.79 Å². The number of hydrogen-bond acceptors (Lipinski definition) is 9. The number of pyridine rings is 2. The molecule has 2 N–H and O–H groups in total. The van der Waals surface area contributed by atoms with Gasteiger partial charge in [-0.05, 0) is 45.4 Å². The van der Waals surface area contributed by atoms with Gasteiger partial charge < -0.3 is 25.3 Å². The first-order chi connectivity index (χ1) is 18.9. The summed E-state index contributed by atoms with van der Waals surface area (Å²) in [6.07, 6.45) is 8.65. The molecular weight excluding hydrogens is 490 g/mol. The minimum Gasteiger partial charge on any atom is -0.354 e. The van der Waals surface area contributed by atoms with Crippen LogP contribution in [0.3, 0.4) is 0 Å². The molecule has 0 aliphatic carbocycles. The third-order valence-electron chi connectivity index (χ3n) is 6.49. The molecule has 0 bridgehead atoms. The van der Waals surface area contributed by atoms with E-state index in [-0.39, 0.29) is 5.91 Å². The average Bonchev–Trinajstić information content (AvgIpc) is 2.93. The number of piperazine rings is 1. The number of fused-ring (bicyclic) bond motifs is 1. The van der Waals surface area contributed by atoms with Crippen LogP contribution in [0.15, 0.2) is 73.2 Å². The van der Waals surface area contributed by atoms with Crippen molar-refractivity contribution in [1.82, 2.24) is 29.7 Å². The van der Waals surface area contributed by atoms with Crippen LogP contribution in [0.5, 0.6) is 0 Å². The minimum absolute atomic E-state index is 0.187. The standard InChI is InChI=1S/C29H33N9O/c1-36(2)13-5-8-27(39)33-22-11-12-30-25(18-22)24-7-4-6-21-19-32-29(35-28(21)24)34-23-9-10-26(31-20-23)38-16-14-37(3)15-17-38/h4-12,18-20H,13-17H2,1-3H3,(H,30,33,39)(H,32,34,35). The molecular formula is C29H33N9O. The second kappa shape index (κ2) is 12.0. The van der Waals surface area contributed by atoms with Gasteiger partial charge in [-0.25, -0.2) is 15.0 Å². The Morgan fingerprint density at radius 2 is 1.85 bits per heavy atom. The van der Waals surface area contributed by atoms with Crippen LogP contribution in [0.1, 0.15) is 0 Å². The van der Waals surface area contributed by atoms with Gasteiger partial charge in [-0.1, -0.05) is 24.3 Å². The first kappa shape index (κ1) is 26.2. The Morgan fingerprint density at radius 3 is 2.62 bits per heavy atom. The zero-order valence-corrected chi connectivity index (χ0v) is 22.5. The van der Waals surface area contributed by atoms with E-state index >= 15 is 0 Å². The monoisotopic (exact) mass is 523 g/mol. The highest BCUT2D eigenvalue weighted by Crippen LogP contribution is 2.28. The molecule has 0 saturated carbocycles. The molecule has 4 heterocycles. The number of aromatic nitrogens is 4. The highest BCUT2D eigenvalue weighted by atomic mass is 16.1. The summed E-state index contributed by atoms with van der Waals surface area (Å²) in [4.78, 5) is 37.4. The van der Waals surface area contributed by atoms with Crippen LogP contribution in [0, 0.1) is 0 Å². The second-order valence-electron chi connectivity index (χ2n) is 9.84. The van der Waals surface area contributed by atoms with Gasteiger partial charge in [-0.3, -0.25) is 9.78 Å². The smallest absolute Gasteiger partial charge is 0.248 e. The Balaban J connectivity index is 1.34. The Hall–Kier alpha value is -4.41. The van der Waals surface area contributed by atoms with E-state index in [0.717, 1.165) is 54.2 Å². The average molecular weight is 524 g/mol. The van der Waals surface area contributed by atoms with Crippen LogP contribution in [0.4, 0.5) is 23.1 Å². The zero-order chi connectivity index (χ0) is 27.2. The van der Waals surface area contributed by atoms with Crippen molar-refractivity contribution >= 4 is 40.0 Å². The second-order valence-corrected chi connectivity index (χ2v) is 9.84. The van der Waals surface area contributed by atoms with E-state index in [0.29, 0.717) is 23.9 Å². The van der Waals surface area contributed by atoms with Crippen molar-refractivity contribution in [3.05, 3.63) is 73.2 Å². The maximum Gasteiger partial charge on any atom is 0.248 e. The van der Waals surface area contributed by atoms with Crippen LogP contribution in [0.25, 0.3) is 22.2 Å². The van der Waals surface area contributed by atoms with E-state index in [2.05, 4.69) is 42.4 Å². The molecule has 1 aliphatic heterocycles. The summed E-state index contributed by atoms with van der Waals surface area (Å²) in [5, 5.41) is 7.08. The first-order valence-corrected chi connectivity index (χ1v) is 13.0. The molecule has 10 nitrogen and oxygen atoms in total. The number of nitrogens with one attached hydrogen (secondary N) is 2. The predicted octanol–water partition coefficient (Wildman–Crippen LogP) is 3.64. The Bertz CT molecular complexity index is 1460. The number of likely N-dealkylation sites (N-methyl/N-ethyl adjacent to an activating group) is 2. The van der Waals surface area contributed by atoms with Crippen molar-refractivity contribution in [2.45, 2.75) is 0 Å². The molecule has 0 atom stereocenters. The van der Waals surface area contributed by atoms with Crippen molar-refractivity contribution in [2.24, 2.45) is 0 Å². The largest absolute Gasteiger partial charge is 0.354 e. The van der Waals surface area contributed by atoms with Gasteiger partial charge in [0.2, 0.25) is 11.9 Å². The highest BCUT2D eigenvalue weighted by molar-refractivity contribution is 6.00. The lowest BCUT2D eigenvalue weighted by Crippen LogP contribution is -2.44. The molecule has 4 aromatic rings. The normalized spacial score (nSPS) is 14.3.